The third-order valence-electron chi connectivity index (χ3n) is 4.67. The van der Waals surface area contributed by atoms with E-state index < -0.39 is 16.0 Å². The summed E-state index contributed by atoms with van der Waals surface area (Å²) in [7, 11) is 0.896. The second-order valence-electron chi connectivity index (χ2n) is 6.85. The molecule has 2 rings (SSSR count). The number of benzene rings is 2. The van der Waals surface area contributed by atoms with Gasteiger partial charge < -0.3 is 14.2 Å². The van der Waals surface area contributed by atoms with Crippen molar-refractivity contribution in [1.29, 1.82) is 0 Å². The van der Waals surface area contributed by atoms with Crippen molar-refractivity contribution < 1.29 is 27.4 Å². The van der Waals surface area contributed by atoms with Crippen LogP contribution in [0.4, 0.5) is 0 Å². The molecule has 0 heterocycles. The fraction of sp³-hybridized carbons (Fsp3) is 0.381. The van der Waals surface area contributed by atoms with E-state index >= 15 is 0 Å². The van der Waals surface area contributed by atoms with Crippen molar-refractivity contribution in [2.75, 3.05) is 21.3 Å². The lowest BCUT2D eigenvalue weighted by atomic mass is 10.1. The van der Waals surface area contributed by atoms with Crippen molar-refractivity contribution in [1.82, 2.24) is 4.31 Å². The summed E-state index contributed by atoms with van der Waals surface area (Å²) in [4.78, 5) is 12.5. The highest BCUT2D eigenvalue weighted by Crippen LogP contribution is 2.30. The van der Waals surface area contributed by atoms with Crippen LogP contribution in [0.1, 0.15) is 35.3 Å². The highest BCUT2D eigenvalue weighted by molar-refractivity contribution is 7.89. The SMILES string of the molecule is COc1cc(C)c(COC(=O)c2cccc(S(=O)(=O)N(C)C(C)C)c2)cc1OC. The minimum absolute atomic E-state index is 0.0217. The van der Waals surface area contributed by atoms with Crippen molar-refractivity contribution in [3.05, 3.63) is 53.1 Å². The summed E-state index contributed by atoms with van der Waals surface area (Å²) in [6.45, 7) is 5.45. The first kappa shape index (κ1) is 22.7. The zero-order valence-electron chi connectivity index (χ0n) is 17.6. The molecule has 8 heteroatoms. The van der Waals surface area contributed by atoms with Crippen LogP contribution < -0.4 is 9.47 Å². The Labute approximate surface area is 172 Å². The van der Waals surface area contributed by atoms with Crippen molar-refractivity contribution in [3.8, 4) is 11.5 Å². The van der Waals surface area contributed by atoms with Gasteiger partial charge in [-0.15, -0.1) is 0 Å². The standard InChI is InChI=1S/C21H27NO6S/c1-14(2)22(4)29(24,25)18-9-7-8-16(11-18)21(23)28-13-17-12-20(27-6)19(26-5)10-15(17)3/h7-12,14H,13H2,1-6H3. The van der Waals surface area contributed by atoms with Gasteiger partial charge in [-0.2, -0.15) is 4.31 Å². The first-order valence-electron chi connectivity index (χ1n) is 9.08. The summed E-state index contributed by atoms with van der Waals surface area (Å²) in [6, 6.07) is 9.19. The largest absolute Gasteiger partial charge is 0.493 e. The maximum Gasteiger partial charge on any atom is 0.338 e. The van der Waals surface area contributed by atoms with Gasteiger partial charge in [0.2, 0.25) is 10.0 Å². The molecule has 0 bridgehead atoms. The molecule has 0 spiro atoms. The summed E-state index contributed by atoms with van der Waals surface area (Å²) in [5.41, 5.74) is 1.81. The van der Waals surface area contributed by atoms with Crippen LogP contribution in [0.5, 0.6) is 11.5 Å². The number of aryl methyl sites for hydroxylation is 1. The highest BCUT2D eigenvalue weighted by atomic mass is 32.2. The van der Waals surface area contributed by atoms with Crippen LogP contribution in [0.2, 0.25) is 0 Å². The van der Waals surface area contributed by atoms with Gasteiger partial charge >= 0.3 is 5.97 Å². The van der Waals surface area contributed by atoms with E-state index in [0.29, 0.717) is 11.5 Å². The molecular formula is C21H27NO6S. The Balaban J connectivity index is 2.21. The third kappa shape index (κ3) is 5.07. The Morgan fingerprint density at radius 1 is 1.07 bits per heavy atom. The zero-order valence-corrected chi connectivity index (χ0v) is 18.4. The van der Waals surface area contributed by atoms with Crippen molar-refractivity contribution in [3.63, 3.8) is 0 Å². The molecule has 2 aromatic carbocycles. The molecule has 0 saturated heterocycles. The molecule has 0 unspecified atom stereocenters. The smallest absolute Gasteiger partial charge is 0.338 e. The number of esters is 1. The second kappa shape index (κ2) is 9.28. The molecule has 0 radical (unpaired) electrons. The van der Waals surface area contributed by atoms with E-state index in [1.807, 2.05) is 6.92 Å². The Morgan fingerprint density at radius 2 is 1.69 bits per heavy atom. The van der Waals surface area contributed by atoms with Crippen LogP contribution in [0, 0.1) is 6.92 Å². The normalized spacial score (nSPS) is 11.6. The zero-order chi connectivity index (χ0) is 21.8. The van der Waals surface area contributed by atoms with Gasteiger partial charge in [0.1, 0.15) is 6.61 Å². The van der Waals surface area contributed by atoms with Gasteiger partial charge in [0.15, 0.2) is 11.5 Å². The van der Waals surface area contributed by atoms with Crippen LogP contribution in [0.25, 0.3) is 0 Å². The average molecular weight is 422 g/mol. The Bertz CT molecular complexity index is 985. The van der Waals surface area contributed by atoms with E-state index in [9.17, 15) is 13.2 Å². The number of methoxy groups -OCH3 is 2. The van der Waals surface area contributed by atoms with Gasteiger partial charge in [0, 0.05) is 13.1 Å². The first-order chi connectivity index (χ1) is 13.6. The molecule has 0 saturated carbocycles. The second-order valence-corrected chi connectivity index (χ2v) is 8.85. The summed E-state index contributed by atoms with van der Waals surface area (Å²) in [5, 5.41) is 0. The van der Waals surface area contributed by atoms with Crippen LogP contribution in [-0.4, -0.2) is 46.0 Å². The first-order valence-corrected chi connectivity index (χ1v) is 10.5. The maximum atomic E-state index is 12.7. The lowest BCUT2D eigenvalue weighted by molar-refractivity contribution is 0.0471. The molecule has 0 fully saturated rings. The molecule has 0 atom stereocenters. The Kier molecular flexibility index (Phi) is 7.26. The van der Waals surface area contributed by atoms with E-state index in [4.69, 9.17) is 14.2 Å². The van der Waals surface area contributed by atoms with Crippen molar-refractivity contribution >= 4 is 16.0 Å². The molecule has 0 aromatic heterocycles. The van der Waals surface area contributed by atoms with Gasteiger partial charge in [0.25, 0.3) is 0 Å². The number of hydrogen-bond acceptors (Lipinski definition) is 6. The number of sulfonamides is 1. The molecule has 29 heavy (non-hydrogen) atoms. The third-order valence-corrected chi connectivity index (χ3v) is 6.70. The highest BCUT2D eigenvalue weighted by Gasteiger charge is 2.24. The van der Waals surface area contributed by atoms with E-state index in [0.717, 1.165) is 11.1 Å². The van der Waals surface area contributed by atoms with Crippen LogP contribution in [0.15, 0.2) is 41.3 Å². The fourth-order valence-electron chi connectivity index (χ4n) is 2.63. The number of carbonyl (C=O) groups is 1. The van der Waals surface area contributed by atoms with Gasteiger partial charge in [-0.25, -0.2) is 13.2 Å². The van der Waals surface area contributed by atoms with Crippen molar-refractivity contribution in [2.45, 2.75) is 38.3 Å². The summed E-state index contributed by atoms with van der Waals surface area (Å²) < 4.78 is 42.5. The lowest BCUT2D eigenvalue weighted by Crippen LogP contribution is -2.33. The van der Waals surface area contributed by atoms with E-state index in [1.54, 1.807) is 33.1 Å². The molecule has 0 N–H and O–H groups in total. The van der Waals surface area contributed by atoms with Gasteiger partial charge in [0.05, 0.1) is 24.7 Å². The summed E-state index contributed by atoms with van der Waals surface area (Å²) >= 11 is 0. The predicted molar refractivity (Wildman–Crippen MR) is 110 cm³/mol. The van der Waals surface area contributed by atoms with Gasteiger partial charge in [-0.05, 0) is 62.2 Å². The minimum atomic E-state index is -3.69. The fourth-order valence-corrected chi connectivity index (χ4v) is 4.05. The summed E-state index contributed by atoms with van der Waals surface area (Å²) in [6.07, 6.45) is 0. The predicted octanol–water partition coefficient (Wildman–Crippen LogP) is 3.40. The van der Waals surface area contributed by atoms with E-state index in [1.165, 1.54) is 42.7 Å². The monoisotopic (exact) mass is 421 g/mol. The van der Waals surface area contributed by atoms with Gasteiger partial charge in [-0.3, -0.25) is 0 Å². The molecular weight excluding hydrogens is 394 g/mol. The molecule has 0 aliphatic rings. The average Bonchev–Trinajstić information content (AvgIpc) is 2.71. The van der Waals surface area contributed by atoms with Crippen molar-refractivity contribution in [2.24, 2.45) is 0 Å². The molecule has 0 aliphatic carbocycles. The number of rotatable bonds is 8. The molecule has 0 amide bonds. The van der Waals surface area contributed by atoms with Gasteiger partial charge in [-0.1, -0.05) is 6.07 Å². The van der Waals surface area contributed by atoms with E-state index in [-0.39, 0.29) is 23.1 Å². The van der Waals surface area contributed by atoms with E-state index in [2.05, 4.69) is 0 Å². The molecule has 158 valence electrons. The Morgan fingerprint density at radius 3 is 2.28 bits per heavy atom. The number of carbonyl (C=O) groups excluding carboxylic acids is 1. The molecule has 2 aromatic rings. The van der Waals surface area contributed by atoms with Crippen LogP contribution >= 0.6 is 0 Å². The lowest BCUT2D eigenvalue weighted by Gasteiger charge is -2.21. The number of ether oxygens (including phenoxy) is 3. The molecule has 7 nitrogen and oxygen atoms in total. The minimum Gasteiger partial charge on any atom is -0.493 e. The Hall–Kier alpha value is -2.58. The molecule has 0 aliphatic heterocycles. The number of nitrogens with zero attached hydrogens (tertiary/aromatic N) is 1. The van der Waals surface area contributed by atoms with Crippen LogP contribution in [-0.2, 0) is 21.4 Å². The topological polar surface area (TPSA) is 82.1 Å². The summed E-state index contributed by atoms with van der Waals surface area (Å²) in [5.74, 6) is 0.518. The number of hydrogen-bond donors (Lipinski definition) is 0. The van der Waals surface area contributed by atoms with Crippen LogP contribution in [0.3, 0.4) is 0 Å². The maximum absolute atomic E-state index is 12.7. The quantitative estimate of drug-likeness (QED) is 0.608.